The van der Waals surface area contributed by atoms with Crippen molar-refractivity contribution in [3.63, 3.8) is 0 Å². The van der Waals surface area contributed by atoms with Gasteiger partial charge in [0.25, 0.3) is 0 Å². The molecular formula is C58H40N2. The van der Waals surface area contributed by atoms with Crippen molar-refractivity contribution in [3.05, 3.63) is 243 Å². The van der Waals surface area contributed by atoms with E-state index in [1.165, 1.54) is 77.1 Å². The average molecular weight is 765 g/mol. The summed E-state index contributed by atoms with van der Waals surface area (Å²) in [7, 11) is 0. The van der Waals surface area contributed by atoms with Gasteiger partial charge in [0.2, 0.25) is 0 Å². The van der Waals surface area contributed by atoms with Gasteiger partial charge in [0.05, 0.1) is 11.0 Å². The number of aromatic nitrogens is 1. The molecule has 11 aromatic rings. The van der Waals surface area contributed by atoms with E-state index in [4.69, 9.17) is 0 Å². The number of benzene rings is 10. The van der Waals surface area contributed by atoms with Crippen molar-refractivity contribution in [2.75, 3.05) is 4.90 Å². The second kappa shape index (κ2) is 15.1. The first-order valence-electron chi connectivity index (χ1n) is 20.6. The van der Waals surface area contributed by atoms with Gasteiger partial charge < -0.3 is 9.47 Å². The molecule has 0 amide bonds. The highest BCUT2D eigenvalue weighted by Crippen LogP contribution is 2.43. The third-order valence-electron chi connectivity index (χ3n) is 11.8. The Morgan fingerprint density at radius 3 is 1.47 bits per heavy atom. The van der Waals surface area contributed by atoms with Crippen LogP contribution in [0, 0.1) is 0 Å². The van der Waals surface area contributed by atoms with Gasteiger partial charge in [0.15, 0.2) is 0 Å². The minimum Gasteiger partial charge on any atom is -0.311 e. The van der Waals surface area contributed by atoms with E-state index in [2.05, 4.69) is 252 Å². The SMILES string of the molecule is c1ccc(-c2ccc(N(c3ccc(-c4ccc5ccccc5c4)cc3)c3ccc(-c4ccccc4-c4cccc5c4c4ccccc4n5-c4ccccc4)cc3)cc2)cc1. The molecule has 10 aromatic carbocycles. The maximum Gasteiger partial charge on any atom is 0.0547 e. The first-order valence-corrected chi connectivity index (χ1v) is 20.6. The molecule has 11 rings (SSSR count). The Balaban J connectivity index is 0.995. The monoisotopic (exact) mass is 764 g/mol. The van der Waals surface area contributed by atoms with E-state index < -0.39 is 0 Å². The van der Waals surface area contributed by atoms with Crippen LogP contribution in [0.2, 0.25) is 0 Å². The van der Waals surface area contributed by atoms with Crippen molar-refractivity contribution >= 4 is 49.6 Å². The molecule has 282 valence electrons. The number of fused-ring (bicyclic) bond motifs is 4. The lowest BCUT2D eigenvalue weighted by Crippen LogP contribution is -2.09. The fourth-order valence-corrected chi connectivity index (χ4v) is 8.91. The molecule has 0 fully saturated rings. The summed E-state index contributed by atoms with van der Waals surface area (Å²) in [5, 5.41) is 5.01. The molecule has 2 nitrogen and oxygen atoms in total. The van der Waals surface area contributed by atoms with Crippen molar-refractivity contribution in [1.82, 2.24) is 4.57 Å². The highest BCUT2D eigenvalue weighted by Gasteiger charge is 2.19. The summed E-state index contributed by atoms with van der Waals surface area (Å²) >= 11 is 0. The van der Waals surface area contributed by atoms with Crippen LogP contribution in [-0.4, -0.2) is 4.57 Å². The summed E-state index contributed by atoms with van der Waals surface area (Å²) in [6.07, 6.45) is 0. The van der Waals surface area contributed by atoms with Gasteiger partial charge in [-0.1, -0.05) is 176 Å². The fraction of sp³-hybridized carbons (Fsp3) is 0. The largest absolute Gasteiger partial charge is 0.311 e. The zero-order chi connectivity index (χ0) is 39.8. The number of anilines is 3. The van der Waals surface area contributed by atoms with Gasteiger partial charge in [0, 0.05) is 33.5 Å². The van der Waals surface area contributed by atoms with E-state index >= 15 is 0 Å². The smallest absolute Gasteiger partial charge is 0.0547 e. The van der Waals surface area contributed by atoms with Crippen LogP contribution in [0.3, 0.4) is 0 Å². The molecule has 0 aliphatic heterocycles. The molecular weight excluding hydrogens is 725 g/mol. The Bertz CT molecular complexity index is 3270. The Morgan fingerprint density at radius 1 is 0.283 bits per heavy atom. The molecule has 0 unspecified atom stereocenters. The van der Waals surface area contributed by atoms with Gasteiger partial charge in [0.1, 0.15) is 0 Å². The molecule has 2 heteroatoms. The second-order valence-corrected chi connectivity index (χ2v) is 15.3. The lowest BCUT2D eigenvalue weighted by molar-refractivity contribution is 1.18. The van der Waals surface area contributed by atoms with Crippen LogP contribution >= 0.6 is 0 Å². The van der Waals surface area contributed by atoms with Crippen LogP contribution in [0.4, 0.5) is 17.1 Å². The highest BCUT2D eigenvalue weighted by atomic mass is 15.1. The maximum absolute atomic E-state index is 2.39. The number of para-hydroxylation sites is 2. The van der Waals surface area contributed by atoms with Crippen LogP contribution in [-0.2, 0) is 0 Å². The average Bonchev–Trinajstić information content (AvgIpc) is 3.67. The second-order valence-electron chi connectivity index (χ2n) is 15.3. The molecule has 0 spiro atoms. The van der Waals surface area contributed by atoms with E-state index in [-0.39, 0.29) is 0 Å². The number of hydrogen-bond acceptors (Lipinski definition) is 1. The van der Waals surface area contributed by atoms with Crippen molar-refractivity contribution < 1.29 is 0 Å². The molecule has 1 heterocycles. The van der Waals surface area contributed by atoms with Gasteiger partial charge >= 0.3 is 0 Å². The summed E-state index contributed by atoms with van der Waals surface area (Å²) in [5.74, 6) is 0. The third kappa shape index (κ3) is 6.32. The van der Waals surface area contributed by atoms with E-state index in [1.54, 1.807) is 0 Å². The normalized spacial score (nSPS) is 11.3. The molecule has 0 aliphatic carbocycles. The van der Waals surface area contributed by atoms with Crippen molar-refractivity contribution in [1.29, 1.82) is 0 Å². The molecule has 0 saturated heterocycles. The molecule has 1 aromatic heterocycles. The standard InChI is InChI=1S/C58H40N2/c1-3-14-41(15-4-1)43-28-34-49(35-29-43)59(50-36-30-44(31-37-50)47-27-26-42-16-7-8-17-46(42)40-47)51-38-32-45(33-39-51)52-20-9-10-21-53(52)54-23-13-25-57-58(54)55-22-11-12-24-56(55)60(57)48-18-5-2-6-19-48/h1-40H. The first kappa shape index (κ1) is 35.2. The number of rotatable bonds is 8. The molecule has 0 bridgehead atoms. The quantitative estimate of drug-likeness (QED) is 0.150. The lowest BCUT2D eigenvalue weighted by atomic mass is 9.92. The Morgan fingerprint density at radius 2 is 0.767 bits per heavy atom. The minimum absolute atomic E-state index is 1.09. The number of hydrogen-bond donors (Lipinski definition) is 0. The molecule has 0 aliphatic rings. The topological polar surface area (TPSA) is 8.17 Å². The van der Waals surface area contributed by atoms with Crippen LogP contribution < -0.4 is 4.90 Å². The summed E-state index contributed by atoms with van der Waals surface area (Å²) in [6.45, 7) is 0. The van der Waals surface area contributed by atoms with Gasteiger partial charge in [-0.2, -0.15) is 0 Å². The van der Waals surface area contributed by atoms with E-state index in [1.807, 2.05) is 0 Å². The van der Waals surface area contributed by atoms with Crippen LogP contribution in [0.25, 0.3) is 82.8 Å². The predicted octanol–water partition coefficient (Wildman–Crippen LogP) is 16.1. The van der Waals surface area contributed by atoms with E-state index in [0.717, 1.165) is 22.7 Å². The molecule has 0 radical (unpaired) electrons. The maximum atomic E-state index is 2.39. The third-order valence-corrected chi connectivity index (χ3v) is 11.8. The van der Waals surface area contributed by atoms with Crippen molar-refractivity contribution in [3.8, 4) is 50.2 Å². The summed E-state index contributed by atoms with van der Waals surface area (Å²) in [5.41, 5.74) is 16.5. The van der Waals surface area contributed by atoms with Crippen molar-refractivity contribution in [2.45, 2.75) is 0 Å². The first-order chi connectivity index (χ1) is 29.8. The molecule has 0 saturated carbocycles. The van der Waals surface area contributed by atoms with Gasteiger partial charge in [-0.05, 0) is 122 Å². The van der Waals surface area contributed by atoms with Crippen molar-refractivity contribution in [2.24, 2.45) is 0 Å². The van der Waals surface area contributed by atoms with Crippen LogP contribution in [0.5, 0.6) is 0 Å². The Hall–Kier alpha value is -7.94. The Kier molecular flexibility index (Phi) is 8.87. The zero-order valence-corrected chi connectivity index (χ0v) is 33.0. The fourth-order valence-electron chi connectivity index (χ4n) is 8.91. The zero-order valence-electron chi connectivity index (χ0n) is 33.0. The lowest BCUT2D eigenvalue weighted by Gasteiger charge is -2.26. The van der Waals surface area contributed by atoms with Crippen LogP contribution in [0.15, 0.2) is 243 Å². The Labute approximate surface area is 350 Å². The van der Waals surface area contributed by atoms with Gasteiger partial charge in [-0.15, -0.1) is 0 Å². The molecule has 60 heavy (non-hydrogen) atoms. The number of nitrogens with zero attached hydrogens (tertiary/aromatic N) is 2. The molecule has 0 atom stereocenters. The van der Waals surface area contributed by atoms with Crippen LogP contribution in [0.1, 0.15) is 0 Å². The van der Waals surface area contributed by atoms with E-state index in [9.17, 15) is 0 Å². The molecule has 0 N–H and O–H groups in total. The summed E-state index contributed by atoms with van der Waals surface area (Å²) < 4.78 is 2.39. The van der Waals surface area contributed by atoms with E-state index in [0.29, 0.717) is 0 Å². The van der Waals surface area contributed by atoms with Gasteiger partial charge in [-0.25, -0.2) is 0 Å². The minimum atomic E-state index is 1.09. The van der Waals surface area contributed by atoms with Gasteiger partial charge in [-0.3, -0.25) is 0 Å². The highest BCUT2D eigenvalue weighted by molar-refractivity contribution is 6.16. The summed E-state index contributed by atoms with van der Waals surface area (Å²) in [4.78, 5) is 2.35. The predicted molar refractivity (Wildman–Crippen MR) is 255 cm³/mol. The summed E-state index contributed by atoms with van der Waals surface area (Å²) in [6, 6.07) is 87.8.